The van der Waals surface area contributed by atoms with Crippen molar-refractivity contribution in [1.82, 2.24) is 9.29 Å². The van der Waals surface area contributed by atoms with Gasteiger partial charge >= 0.3 is 5.97 Å². The molecule has 1 aromatic carbocycles. The minimum Gasteiger partial charge on any atom is -0.482 e. The number of nitrogens with zero attached hydrogens (tertiary/aromatic N) is 2. The lowest BCUT2D eigenvalue weighted by atomic mass is 9.94. The molecule has 1 aromatic heterocycles. The van der Waals surface area contributed by atoms with Gasteiger partial charge in [-0.15, -0.1) is 11.8 Å². The number of benzene rings is 1. The molecule has 8 nitrogen and oxygen atoms in total. The van der Waals surface area contributed by atoms with Gasteiger partial charge in [-0.1, -0.05) is 25.1 Å². The quantitative estimate of drug-likeness (QED) is 0.233. The number of rotatable bonds is 14. The summed E-state index contributed by atoms with van der Waals surface area (Å²) < 4.78 is 44.3. The third-order valence-corrected chi connectivity index (χ3v) is 8.84. The number of hydrogen-bond acceptors (Lipinski definition) is 8. The third-order valence-electron chi connectivity index (χ3n) is 5.95. The molecule has 1 aliphatic rings. The van der Waals surface area contributed by atoms with Crippen LogP contribution in [-0.4, -0.2) is 62.8 Å². The number of esters is 1. The number of ether oxygens (including phenoxy) is 3. The fraction of sp³-hybridized carbons (Fsp3) is 0.429. The highest BCUT2D eigenvalue weighted by Crippen LogP contribution is 2.31. The molecule has 1 aliphatic carbocycles. The Morgan fingerprint density at radius 1 is 1.18 bits per heavy atom. The number of allylic oxidation sites excluding steroid dienone is 3. The molecule has 0 saturated carbocycles. The van der Waals surface area contributed by atoms with E-state index in [0.29, 0.717) is 42.0 Å². The van der Waals surface area contributed by atoms with Crippen LogP contribution in [-0.2, 0) is 19.6 Å². The van der Waals surface area contributed by atoms with Crippen molar-refractivity contribution in [2.45, 2.75) is 44.4 Å². The maximum Gasteiger partial charge on any atom is 0.344 e. The Kier molecular flexibility index (Phi) is 11.2. The molecule has 10 heteroatoms. The predicted octanol–water partition coefficient (Wildman–Crippen LogP) is 5.10. The number of sulfonamides is 1. The van der Waals surface area contributed by atoms with Crippen LogP contribution >= 0.6 is 11.8 Å². The number of methoxy groups -OCH3 is 1. The standard InChI is InChI=1S/C28H36N2O6S2/c1-5-14-30(15-16-37-24-11-12-26(21(3)17-24)36-20-28(31)35-6-2)38(32,33)25-9-7-8-22(18-25)23-10-13-27(34-4)29-19-23/h7,9-13,17-19,22H,5-6,8,14-16,20H2,1-4H3. The first-order chi connectivity index (χ1) is 18.3. The number of hydrogen-bond donors (Lipinski definition) is 0. The zero-order chi connectivity index (χ0) is 27.5. The second-order valence-electron chi connectivity index (χ2n) is 8.72. The van der Waals surface area contributed by atoms with Crippen LogP contribution in [0.4, 0.5) is 0 Å². The maximum atomic E-state index is 13.6. The van der Waals surface area contributed by atoms with E-state index in [9.17, 15) is 13.2 Å². The van der Waals surface area contributed by atoms with E-state index in [1.165, 1.54) is 0 Å². The SMILES string of the molecule is CCCN(CCSc1ccc(OCC(=O)OCC)c(C)c1)S(=O)(=O)C1=CC(c2ccc(OC)nc2)CC=C1. The van der Waals surface area contributed by atoms with E-state index in [1.807, 2.05) is 50.3 Å². The molecule has 0 spiro atoms. The van der Waals surface area contributed by atoms with Gasteiger partial charge in [-0.2, -0.15) is 4.31 Å². The minimum atomic E-state index is -3.64. The van der Waals surface area contributed by atoms with Crippen molar-refractivity contribution in [3.05, 3.63) is 70.8 Å². The number of carbonyl (C=O) groups excluding carboxylic acids is 1. The van der Waals surface area contributed by atoms with Gasteiger partial charge in [0.15, 0.2) is 6.61 Å². The molecular formula is C28H36N2O6S2. The smallest absolute Gasteiger partial charge is 0.344 e. The molecule has 1 atom stereocenters. The van der Waals surface area contributed by atoms with Gasteiger partial charge in [0.25, 0.3) is 0 Å². The van der Waals surface area contributed by atoms with E-state index in [-0.39, 0.29) is 12.5 Å². The summed E-state index contributed by atoms with van der Waals surface area (Å²) in [6.07, 6.45) is 8.62. The molecule has 0 bridgehead atoms. The van der Waals surface area contributed by atoms with E-state index in [2.05, 4.69) is 4.98 Å². The Bertz CT molecular complexity index is 1240. The molecular weight excluding hydrogens is 524 g/mol. The van der Waals surface area contributed by atoms with E-state index in [4.69, 9.17) is 14.2 Å². The summed E-state index contributed by atoms with van der Waals surface area (Å²) in [5, 5.41) is 0. The Morgan fingerprint density at radius 3 is 2.66 bits per heavy atom. The second kappa shape index (κ2) is 14.4. The van der Waals surface area contributed by atoms with Gasteiger partial charge in [-0.25, -0.2) is 18.2 Å². The Balaban J connectivity index is 1.64. The summed E-state index contributed by atoms with van der Waals surface area (Å²) in [4.78, 5) is 17.1. The largest absolute Gasteiger partial charge is 0.482 e. The highest BCUT2D eigenvalue weighted by molar-refractivity contribution is 7.99. The second-order valence-corrected chi connectivity index (χ2v) is 11.8. The number of thioether (sulfide) groups is 1. The average molecular weight is 561 g/mol. The molecule has 1 unspecified atom stereocenters. The highest BCUT2D eigenvalue weighted by Gasteiger charge is 2.27. The lowest BCUT2D eigenvalue weighted by Gasteiger charge is -2.24. The average Bonchev–Trinajstić information content (AvgIpc) is 2.92. The van der Waals surface area contributed by atoms with Crippen molar-refractivity contribution in [3.8, 4) is 11.6 Å². The number of carbonyl (C=O) groups is 1. The fourth-order valence-corrected chi connectivity index (χ4v) is 6.76. The van der Waals surface area contributed by atoms with Crippen LogP contribution in [0.1, 0.15) is 43.7 Å². The van der Waals surface area contributed by atoms with Gasteiger partial charge in [0.05, 0.1) is 18.6 Å². The molecule has 3 rings (SSSR count). The zero-order valence-corrected chi connectivity index (χ0v) is 24.0. The molecule has 0 N–H and O–H groups in total. The van der Waals surface area contributed by atoms with Crippen LogP contribution in [0.2, 0.25) is 0 Å². The Labute approximate surface area is 230 Å². The van der Waals surface area contributed by atoms with Crippen LogP contribution in [0.25, 0.3) is 0 Å². The topological polar surface area (TPSA) is 95.0 Å². The Morgan fingerprint density at radius 2 is 2.00 bits per heavy atom. The molecule has 1 heterocycles. The molecule has 38 heavy (non-hydrogen) atoms. The lowest BCUT2D eigenvalue weighted by Crippen LogP contribution is -2.34. The molecule has 0 aliphatic heterocycles. The van der Waals surface area contributed by atoms with Gasteiger partial charge in [0, 0.05) is 41.9 Å². The van der Waals surface area contributed by atoms with Gasteiger partial charge < -0.3 is 14.2 Å². The molecule has 0 radical (unpaired) electrons. The van der Waals surface area contributed by atoms with Crippen molar-refractivity contribution in [1.29, 1.82) is 0 Å². The van der Waals surface area contributed by atoms with Crippen molar-refractivity contribution >= 4 is 27.8 Å². The number of aryl methyl sites for hydroxylation is 1. The third kappa shape index (κ3) is 8.09. The number of pyridine rings is 1. The summed E-state index contributed by atoms with van der Waals surface area (Å²) in [5.74, 6) is 1.28. The predicted molar refractivity (Wildman–Crippen MR) is 150 cm³/mol. The monoisotopic (exact) mass is 560 g/mol. The summed E-state index contributed by atoms with van der Waals surface area (Å²) in [7, 11) is -2.08. The van der Waals surface area contributed by atoms with E-state index in [0.717, 1.165) is 28.9 Å². The van der Waals surface area contributed by atoms with Gasteiger partial charge in [0.2, 0.25) is 15.9 Å². The summed E-state index contributed by atoms with van der Waals surface area (Å²) in [6, 6.07) is 9.42. The summed E-state index contributed by atoms with van der Waals surface area (Å²) in [6.45, 7) is 6.66. The Hall–Kier alpha value is -2.82. The maximum absolute atomic E-state index is 13.6. The molecule has 2 aromatic rings. The molecule has 0 amide bonds. The van der Waals surface area contributed by atoms with Crippen molar-refractivity contribution < 1.29 is 27.4 Å². The van der Waals surface area contributed by atoms with Gasteiger partial charge in [-0.05, 0) is 62.1 Å². The van der Waals surface area contributed by atoms with Crippen LogP contribution < -0.4 is 9.47 Å². The zero-order valence-electron chi connectivity index (χ0n) is 22.4. The van der Waals surface area contributed by atoms with E-state index < -0.39 is 16.0 Å². The van der Waals surface area contributed by atoms with Crippen LogP contribution in [0.5, 0.6) is 11.6 Å². The first kappa shape index (κ1) is 29.7. The van der Waals surface area contributed by atoms with Crippen molar-refractivity contribution in [2.24, 2.45) is 0 Å². The van der Waals surface area contributed by atoms with Gasteiger partial charge in [0.1, 0.15) is 5.75 Å². The van der Waals surface area contributed by atoms with Crippen LogP contribution in [0, 0.1) is 6.92 Å². The summed E-state index contributed by atoms with van der Waals surface area (Å²) in [5.41, 5.74) is 1.85. The lowest BCUT2D eigenvalue weighted by molar-refractivity contribution is -0.145. The van der Waals surface area contributed by atoms with E-state index in [1.54, 1.807) is 48.4 Å². The van der Waals surface area contributed by atoms with Crippen molar-refractivity contribution in [3.63, 3.8) is 0 Å². The fourth-order valence-electron chi connectivity index (χ4n) is 4.02. The first-order valence-corrected chi connectivity index (χ1v) is 15.1. The number of aromatic nitrogens is 1. The normalized spacial score (nSPS) is 15.3. The summed E-state index contributed by atoms with van der Waals surface area (Å²) >= 11 is 1.58. The molecule has 206 valence electrons. The van der Waals surface area contributed by atoms with Crippen LogP contribution in [0.15, 0.2) is 64.6 Å². The molecule has 0 fully saturated rings. The van der Waals surface area contributed by atoms with Crippen LogP contribution in [0.3, 0.4) is 0 Å². The van der Waals surface area contributed by atoms with Gasteiger partial charge in [-0.3, -0.25) is 0 Å². The van der Waals surface area contributed by atoms with E-state index >= 15 is 0 Å². The first-order valence-electron chi connectivity index (χ1n) is 12.7. The van der Waals surface area contributed by atoms with Crippen molar-refractivity contribution in [2.75, 3.05) is 39.2 Å². The minimum absolute atomic E-state index is 0.0615. The highest BCUT2D eigenvalue weighted by atomic mass is 32.2. The molecule has 0 saturated heterocycles.